The number of aromatic nitrogens is 2. The van der Waals surface area contributed by atoms with Gasteiger partial charge in [-0.05, 0) is 90.0 Å². The quantitative estimate of drug-likeness (QED) is 0.174. The van der Waals surface area contributed by atoms with Crippen molar-refractivity contribution >= 4 is 60.7 Å². The van der Waals surface area contributed by atoms with Gasteiger partial charge in [0.2, 0.25) is 0 Å². The van der Waals surface area contributed by atoms with Gasteiger partial charge < -0.3 is 14.0 Å². The first-order valence-electron chi connectivity index (χ1n) is 17.5. The Balaban J connectivity index is 1.17. The van der Waals surface area contributed by atoms with E-state index in [2.05, 4.69) is 214 Å². The minimum Gasteiger partial charge on any atom is -0.311 e. The van der Waals surface area contributed by atoms with Crippen LogP contribution in [-0.4, -0.2) is 9.13 Å². The number of hydrogen-bond donors (Lipinski definition) is 0. The predicted octanol–water partition coefficient (Wildman–Crippen LogP) is 13.0. The molecule has 0 aliphatic heterocycles. The van der Waals surface area contributed by atoms with Gasteiger partial charge in [0.1, 0.15) is 0 Å². The highest BCUT2D eigenvalue weighted by atomic mass is 15.1. The third-order valence-corrected chi connectivity index (χ3v) is 10.1. The largest absolute Gasteiger partial charge is 0.311 e. The van der Waals surface area contributed by atoms with Crippen LogP contribution >= 0.6 is 0 Å². The smallest absolute Gasteiger partial charge is 0.0641 e. The number of fused-ring (bicyclic) bond motifs is 7. The molecule has 0 amide bonds. The molecule has 0 saturated heterocycles. The molecule has 0 unspecified atom stereocenters. The average molecular weight is 652 g/mol. The molecule has 2 heterocycles. The number of para-hydroxylation sites is 4. The first kappa shape index (κ1) is 29.1. The maximum atomic E-state index is 2.46. The van der Waals surface area contributed by atoms with Gasteiger partial charge in [0.15, 0.2) is 0 Å². The van der Waals surface area contributed by atoms with Crippen LogP contribution in [0.25, 0.3) is 66.1 Å². The standard InChI is InChI=1S/C48H33N3/c1-4-14-34(15-5-1)35-24-26-38(27-25-35)49(36-16-6-2-7-17-36)39-28-30-40(31-29-39)51-44-22-12-10-20-41(44)42-32-33-46-47(48(42)51)43-21-11-13-23-45(43)50(46)37-18-8-3-9-19-37/h1-33H. The van der Waals surface area contributed by atoms with Crippen molar-refractivity contribution in [2.45, 2.75) is 0 Å². The molecular formula is C48H33N3. The van der Waals surface area contributed by atoms with Gasteiger partial charge in [0, 0.05) is 50.0 Å². The van der Waals surface area contributed by atoms with Crippen molar-refractivity contribution in [3.8, 4) is 22.5 Å². The normalized spacial score (nSPS) is 11.5. The van der Waals surface area contributed by atoms with E-state index in [9.17, 15) is 0 Å². The van der Waals surface area contributed by atoms with E-state index >= 15 is 0 Å². The zero-order valence-corrected chi connectivity index (χ0v) is 27.9. The Morgan fingerprint density at radius 1 is 0.294 bits per heavy atom. The third kappa shape index (κ3) is 4.74. The highest BCUT2D eigenvalue weighted by Crippen LogP contribution is 2.43. The second-order valence-corrected chi connectivity index (χ2v) is 13.0. The molecule has 240 valence electrons. The molecular weight excluding hydrogens is 619 g/mol. The lowest BCUT2D eigenvalue weighted by molar-refractivity contribution is 1.17. The van der Waals surface area contributed by atoms with Crippen LogP contribution in [0.3, 0.4) is 0 Å². The van der Waals surface area contributed by atoms with Gasteiger partial charge in [0.25, 0.3) is 0 Å². The fraction of sp³-hybridized carbons (Fsp3) is 0. The maximum absolute atomic E-state index is 2.46. The molecule has 0 spiro atoms. The van der Waals surface area contributed by atoms with Gasteiger partial charge in [0.05, 0.1) is 22.1 Å². The van der Waals surface area contributed by atoms with E-state index in [0.717, 1.165) is 28.4 Å². The lowest BCUT2D eigenvalue weighted by Crippen LogP contribution is -2.10. The molecule has 10 aromatic rings. The Kier molecular flexibility index (Phi) is 6.81. The zero-order valence-electron chi connectivity index (χ0n) is 27.9. The van der Waals surface area contributed by atoms with Crippen molar-refractivity contribution in [1.82, 2.24) is 9.13 Å². The Morgan fingerprint density at radius 2 is 0.784 bits per heavy atom. The molecule has 10 rings (SSSR count). The fourth-order valence-electron chi connectivity index (χ4n) is 7.84. The van der Waals surface area contributed by atoms with Crippen LogP contribution in [0.5, 0.6) is 0 Å². The third-order valence-electron chi connectivity index (χ3n) is 10.1. The van der Waals surface area contributed by atoms with Crippen molar-refractivity contribution in [2.75, 3.05) is 4.90 Å². The highest BCUT2D eigenvalue weighted by Gasteiger charge is 2.21. The Morgan fingerprint density at radius 3 is 1.47 bits per heavy atom. The molecule has 0 atom stereocenters. The molecule has 51 heavy (non-hydrogen) atoms. The SMILES string of the molecule is c1ccc(-c2ccc(N(c3ccccc3)c3ccc(-n4c5ccccc5c5ccc6c(c7ccccc7n6-c6ccccc6)c54)cc3)cc2)cc1. The number of benzene rings is 8. The molecule has 0 aliphatic carbocycles. The van der Waals surface area contributed by atoms with E-state index < -0.39 is 0 Å². The molecule has 0 saturated carbocycles. The van der Waals surface area contributed by atoms with Gasteiger partial charge in [-0.2, -0.15) is 0 Å². The van der Waals surface area contributed by atoms with Crippen molar-refractivity contribution < 1.29 is 0 Å². The first-order chi connectivity index (χ1) is 25.3. The average Bonchev–Trinajstić information content (AvgIpc) is 3.73. The highest BCUT2D eigenvalue weighted by molar-refractivity contribution is 6.26. The van der Waals surface area contributed by atoms with Crippen LogP contribution in [-0.2, 0) is 0 Å². The molecule has 0 aliphatic rings. The van der Waals surface area contributed by atoms with E-state index in [4.69, 9.17) is 0 Å². The van der Waals surface area contributed by atoms with E-state index in [1.54, 1.807) is 0 Å². The number of rotatable bonds is 6. The van der Waals surface area contributed by atoms with Crippen LogP contribution in [0.4, 0.5) is 17.1 Å². The van der Waals surface area contributed by atoms with Gasteiger partial charge in [-0.25, -0.2) is 0 Å². The zero-order chi connectivity index (χ0) is 33.7. The summed E-state index contributed by atoms with van der Waals surface area (Å²) >= 11 is 0. The number of nitrogens with zero attached hydrogens (tertiary/aromatic N) is 3. The number of hydrogen-bond acceptors (Lipinski definition) is 1. The predicted molar refractivity (Wildman–Crippen MR) is 215 cm³/mol. The van der Waals surface area contributed by atoms with Gasteiger partial charge in [-0.15, -0.1) is 0 Å². The Hall–Kier alpha value is -6.84. The molecule has 3 heteroatoms. The maximum Gasteiger partial charge on any atom is 0.0641 e. The van der Waals surface area contributed by atoms with Gasteiger partial charge >= 0.3 is 0 Å². The topological polar surface area (TPSA) is 13.1 Å². The molecule has 2 aromatic heterocycles. The van der Waals surface area contributed by atoms with Gasteiger partial charge in [-0.3, -0.25) is 0 Å². The lowest BCUT2D eigenvalue weighted by atomic mass is 10.0. The summed E-state index contributed by atoms with van der Waals surface area (Å²) in [6.45, 7) is 0. The van der Waals surface area contributed by atoms with Crippen molar-refractivity contribution in [2.24, 2.45) is 0 Å². The van der Waals surface area contributed by atoms with Crippen LogP contribution < -0.4 is 4.90 Å². The first-order valence-corrected chi connectivity index (χ1v) is 17.5. The van der Waals surface area contributed by atoms with Crippen LogP contribution in [0, 0.1) is 0 Å². The second-order valence-electron chi connectivity index (χ2n) is 13.0. The summed E-state index contributed by atoms with van der Waals surface area (Å²) in [6, 6.07) is 71.9. The van der Waals surface area contributed by atoms with Crippen molar-refractivity contribution in [3.05, 3.63) is 200 Å². The summed E-state index contributed by atoms with van der Waals surface area (Å²) in [6.07, 6.45) is 0. The summed E-state index contributed by atoms with van der Waals surface area (Å²) in [4.78, 5) is 2.33. The molecule has 0 bridgehead atoms. The van der Waals surface area contributed by atoms with Gasteiger partial charge in [-0.1, -0.05) is 121 Å². The summed E-state index contributed by atoms with van der Waals surface area (Å²) < 4.78 is 4.86. The summed E-state index contributed by atoms with van der Waals surface area (Å²) in [7, 11) is 0. The Bertz CT molecular complexity index is 2810. The minimum atomic E-state index is 1.10. The lowest BCUT2D eigenvalue weighted by Gasteiger charge is -2.26. The Labute approximate surface area is 296 Å². The minimum absolute atomic E-state index is 1.10. The van der Waals surface area contributed by atoms with Crippen molar-refractivity contribution in [3.63, 3.8) is 0 Å². The fourth-order valence-corrected chi connectivity index (χ4v) is 7.84. The molecule has 0 radical (unpaired) electrons. The summed E-state index contributed by atoms with van der Waals surface area (Å²) in [5.41, 5.74) is 12.9. The molecule has 0 N–H and O–H groups in total. The van der Waals surface area contributed by atoms with E-state index in [1.807, 2.05) is 0 Å². The second kappa shape index (κ2) is 11.9. The summed E-state index contributed by atoms with van der Waals surface area (Å²) in [5, 5.41) is 5.01. The summed E-state index contributed by atoms with van der Waals surface area (Å²) in [5.74, 6) is 0. The molecule has 8 aromatic carbocycles. The van der Waals surface area contributed by atoms with E-state index in [-0.39, 0.29) is 0 Å². The molecule has 0 fully saturated rings. The van der Waals surface area contributed by atoms with E-state index in [1.165, 1.54) is 54.7 Å². The van der Waals surface area contributed by atoms with E-state index in [0.29, 0.717) is 0 Å². The molecule has 3 nitrogen and oxygen atoms in total. The monoisotopic (exact) mass is 651 g/mol. The van der Waals surface area contributed by atoms with Crippen LogP contribution in [0.2, 0.25) is 0 Å². The van der Waals surface area contributed by atoms with Crippen LogP contribution in [0.1, 0.15) is 0 Å². The number of anilines is 3. The van der Waals surface area contributed by atoms with Crippen LogP contribution in [0.15, 0.2) is 200 Å². The van der Waals surface area contributed by atoms with Crippen molar-refractivity contribution in [1.29, 1.82) is 0 Å².